The van der Waals surface area contributed by atoms with E-state index in [0.717, 1.165) is 8.95 Å². The van der Waals surface area contributed by atoms with E-state index >= 15 is 0 Å². The Kier molecular flexibility index (Phi) is 4.51. The van der Waals surface area contributed by atoms with Gasteiger partial charge in [0.05, 0.1) is 18.7 Å². The number of rotatable bonds is 4. The van der Waals surface area contributed by atoms with Gasteiger partial charge in [0, 0.05) is 8.95 Å². The van der Waals surface area contributed by atoms with Crippen LogP contribution in [0, 0.1) is 0 Å². The van der Waals surface area contributed by atoms with Crippen molar-refractivity contribution in [2.24, 2.45) is 0 Å². The number of aliphatic carboxylic acids is 1. The summed E-state index contributed by atoms with van der Waals surface area (Å²) in [4.78, 5) is 24.4. The molecule has 0 radical (unpaired) electrons. The molecule has 1 aromatic rings. The Balaban J connectivity index is 1.98. The van der Waals surface area contributed by atoms with Gasteiger partial charge in [0.1, 0.15) is 12.2 Å². The van der Waals surface area contributed by atoms with E-state index in [0.29, 0.717) is 18.7 Å². The predicted molar refractivity (Wildman–Crippen MR) is 79.7 cm³/mol. The van der Waals surface area contributed by atoms with Gasteiger partial charge in [-0.05, 0) is 41.1 Å². The lowest BCUT2D eigenvalue weighted by Gasteiger charge is -2.47. The van der Waals surface area contributed by atoms with Crippen LogP contribution in [0.3, 0.4) is 0 Å². The maximum atomic E-state index is 12.3. The Morgan fingerprint density at radius 1 is 1.40 bits per heavy atom. The van der Waals surface area contributed by atoms with E-state index < -0.39 is 11.6 Å². The monoisotopic (exact) mass is 405 g/mol. The SMILES string of the molecule is CC1(OCC(=O)O)CN(C(=O)c2ccc(Br)cc2Br)C1. The van der Waals surface area contributed by atoms with E-state index in [1.165, 1.54) is 0 Å². The number of hydrogen-bond donors (Lipinski definition) is 1. The molecule has 1 heterocycles. The first-order chi connectivity index (χ1) is 9.31. The van der Waals surface area contributed by atoms with E-state index in [2.05, 4.69) is 31.9 Å². The van der Waals surface area contributed by atoms with Crippen LogP contribution in [-0.2, 0) is 9.53 Å². The first-order valence-electron chi connectivity index (χ1n) is 5.91. The third-order valence-electron chi connectivity index (χ3n) is 3.04. The number of halogens is 2. The van der Waals surface area contributed by atoms with Crippen molar-refractivity contribution in [2.45, 2.75) is 12.5 Å². The van der Waals surface area contributed by atoms with Crippen molar-refractivity contribution in [2.75, 3.05) is 19.7 Å². The standard InChI is InChI=1S/C13H13Br2NO4/c1-13(20-5-11(17)18)6-16(7-13)12(19)9-3-2-8(14)4-10(9)15/h2-4H,5-7H2,1H3,(H,17,18). The number of carboxylic acid groups (broad SMARTS) is 1. The summed E-state index contributed by atoms with van der Waals surface area (Å²) in [5.41, 5.74) is 0.00378. The molecule has 1 aliphatic rings. The predicted octanol–water partition coefficient (Wildman–Crippen LogP) is 2.53. The van der Waals surface area contributed by atoms with Crippen LogP contribution in [0.1, 0.15) is 17.3 Å². The number of hydrogen-bond acceptors (Lipinski definition) is 3. The van der Waals surface area contributed by atoms with Crippen LogP contribution in [0.25, 0.3) is 0 Å². The summed E-state index contributed by atoms with van der Waals surface area (Å²) in [5.74, 6) is -1.10. The zero-order valence-electron chi connectivity index (χ0n) is 10.7. The van der Waals surface area contributed by atoms with Gasteiger partial charge in [-0.2, -0.15) is 0 Å². The number of nitrogens with zero attached hydrogens (tertiary/aromatic N) is 1. The smallest absolute Gasteiger partial charge is 0.329 e. The topological polar surface area (TPSA) is 66.8 Å². The molecule has 1 amide bonds. The van der Waals surface area contributed by atoms with E-state index in [1.54, 1.807) is 24.0 Å². The lowest BCUT2D eigenvalue weighted by Crippen LogP contribution is -2.63. The highest BCUT2D eigenvalue weighted by Crippen LogP contribution is 2.29. The Bertz CT molecular complexity index is 555. The molecular weight excluding hydrogens is 394 g/mol. The maximum absolute atomic E-state index is 12.3. The molecule has 108 valence electrons. The Labute approximate surface area is 133 Å². The van der Waals surface area contributed by atoms with Crippen molar-refractivity contribution >= 4 is 43.7 Å². The summed E-state index contributed by atoms with van der Waals surface area (Å²) in [6.07, 6.45) is 0. The molecule has 5 nitrogen and oxygen atoms in total. The number of carbonyl (C=O) groups excluding carboxylic acids is 1. The molecule has 1 aliphatic heterocycles. The quantitative estimate of drug-likeness (QED) is 0.834. The van der Waals surface area contributed by atoms with Gasteiger partial charge < -0.3 is 14.7 Å². The van der Waals surface area contributed by atoms with Crippen molar-refractivity contribution in [1.29, 1.82) is 0 Å². The number of likely N-dealkylation sites (tertiary alicyclic amines) is 1. The molecule has 20 heavy (non-hydrogen) atoms. The lowest BCUT2D eigenvalue weighted by atomic mass is 9.95. The summed E-state index contributed by atoms with van der Waals surface area (Å²) >= 11 is 6.70. The minimum atomic E-state index is -1.01. The number of amides is 1. The van der Waals surface area contributed by atoms with Gasteiger partial charge in [0.25, 0.3) is 5.91 Å². The molecule has 0 aliphatic carbocycles. The summed E-state index contributed by atoms with van der Waals surface area (Å²) in [7, 11) is 0. The second-order valence-corrected chi connectivity index (χ2v) is 6.69. The fourth-order valence-electron chi connectivity index (χ4n) is 2.07. The van der Waals surface area contributed by atoms with Crippen LogP contribution >= 0.6 is 31.9 Å². The first kappa shape index (κ1) is 15.5. The van der Waals surface area contributed by atoms with Gasteiger partial charge in [-0.3, -0.25) is 4.79 Å². The molecule has 7 heteroatoms. The molecule has 1 fully saturated rings. The van der Waals surface area contributed by atoms with Crippen LogP contribution in [0.5, 0.6) is 0 Å². The molecule has 0 atom stereocenters. The first-order valence-corrected chi connectivity index (χ1v) is 7.49. The molecule has 0 bridgehead atoms. The maximum Gasteiger partial charge on any atom is 0.329 e. The van der Waals surface area contributed by atoms with Gasteiger partial charge in [-0.15, -0.1) is 0 Å². The zero-order valence-corrected chi connectivity index (χ0v) is 13.9. The summed E-state index contributed by atoms with van der Waals surface area (Å²) in [6.45, 7) is 2.24. The highest BCUT2D eigenvalue weighted by molar-refractivity contribution is 9.11. The Hall–Kier alpha value is -0.920. The number of benzene rings is 1. The molecule has 0 saturated carbocycles. The number of ether oxygens (including phenoxy) is 1. The fourth-order valence-corrected chi connectivity index (χ4v) is 3.28. The van der Waals surface area contributed by atoms with Crippen LogP contribution in [-0.4, -0.2) is 47.2 Å². The molecule has 0 unspecified atom stereocenters. The molecule has 0 aromatic heterocycles. The highest BCUT2D eigenvalue weighted by Gasteiger charge is 2.43. The van der Waals surface area contributed by atoms with Crippen molar-refractivity contribution in [1.82, 2.24) is 4.90 Å². The van der Waals surface area contributed by atoms with Gasteiger partial charge in [0.15, 0.2) is 0 Å². The van der Waals surface area contributed by atoms with Crippen LogP contribution in [0.2, 0.25) is 0 Å². The largest absolute Gasteiger partial charge is 0.480 e. The fraction of sp³-hybridized carbons (Fsp3) is 0.385. The second kappa shape index (κ2) is 5.83. The van der Waals surface area contributed by atoms with Gasteiger partial charge in [-0.1, -0.05) is 15.9 Å². The van der Waals surface area contributed by atoms with Gasteiger partial charge >= 0.3 is 5.97 Å². The van der Waals surface area contributed by atoms with Crippen LogP contribution in [0.15, 0.2) is 27.1 Å². The van der Waals surface area contributed by atoms with Crippen LogP contribution < -0.4 is 0 Å². The number of carbonyl (C=O) groups is 2. The average molecular weight is 407 g/mol. The van der Waals surface area contributed by atoms with Crippen LogP contribution in [0.4, 0.5) is 0 Å². The normalized spacial score (nSPS) is 16.6. The minimum Gasteiger partial charge on any atom is -0.480 e. The molecular formula is C13H13Br2NO4. The summed E-state index contributed by atoms with van der Waals surface area (Å²) in [5, 5.41) is 8.60. The molecule has 1 saturated heterocycles. The Morgan fingerprint density at radius 3 is 2.60 bits per heavy atom. The molecule has 0 spiro atoms. The van der Waals surface area contributed by atoms with Crippen molar-refractivity contribution in [3.63, 3.8) is 0 Å². The number of carboxylic acids is 1. The zero-order chi connectivity index (χ0) is 14.9. The third kappa shape index (κ3) is 3.39. The van der Waals surface area contributed by atoms with Crippen molar-refractivity contribution < 1.29 is 19.4 Å². The Morgan fingerprint density at radius 2 is 2.05 bits per heavy atom. The van der Waals surface area contributed by atoms with Crippen molar-refractivity contribution in [3.8, 4) is 0 Å². The van der Waals surface area contributed by atoms with Crippen molar-refractivity contribution in [3.05, 3.63) is 32.7 Å². The second-order valence-electron chi connectivity index (χ2n) is 4.92. The average Bonchev–Trinajstić information content (AvgIpc) is 2.32. The molecule has 1 N–H and O–H groups in total. The molecule has 2 rings (SSSR count). The van der Waals surface area contributed by atoms with E-state index in [1.807, 2.05) is 6.07 Å². The third-order valence-corrected chi connectivity index (χ3v) is 4.19. The highest BCUT2D eigenvalue weighted by atomic mass is 79.9. The summed E-state index contributed by atoms with van der Waals surface area (Å²) < 4.78 is 6.89. The van der Waals surface area contributed by atoms with E-state index in [9.17, 15) is 9.59 Å². The van der Waals surface area contributed by atoms with E-state index in [4.69, 9.17) is 9.84 Å². The van der Waals surface area contributed by atoms with Gasteiger partial charge in [-0.25, -0.2) is 4.79 Å². The van der Waals surface area contributed by atoms with E-state index in [-0.39, 0.29) is 12.5 Å². The van der Waals surface area contributed by atoms with Gasteiger partial charge in [0.2, 0.25) is 0 Å². The summed E-state index contributed by atoms with van der Waals surface area (Å²) in [6, 6.07) is 5.36. The lowest BCUT2D eigenvalue weighted by molar-refractivity contribution is -0.159. The minimum absolute atomic E-state index is 0.0965. The molecule has 1 aromatic carbocycles.